The fraction of sp³-hybridized carbons (Fsp3) is 0.294. The van der Waals surface area contributed by atoms with E-state index in [0.717, 1.165) is 11.1 Å². The molecular weight excluding hydrogens is 376 g/mol. The van der Waals surface area contributed by atoms with E-state index in [1.54, 1.807) is 6.92 Å². The zero-order valence-electron chi connectivity index (χ0n) is 14.5. The van der Waals surface area contributed by atoms with Crippen LogP contribution >= 0.6 is 23.4 Å². The van der Waals surface area contributed by atoms with Crippen molar-refractivity contribution in [1.82, 2.24) is 20.0 Å². The van der Waals surface area contributed by atoms with Gasteiger partial charge in [-0.1, -0.05) is 29.3 Å². The van der Waals surface area contributed by atoms with Crippen molar-refractivity contribution in [3.63, 3.8) is 0 Å². The minimum Gasteiger partial charge on any atom is -0.453 e. The Morgan fingerprint density at radius 1 is 1.31 bits per heavy atom. The second-order valence-electron chi connectivity index (χ2n) is 5.61. The van der Waals surface area contributed by atoms with Gasteiger partial charge in [-0.05, 0) is 32.2 Å². The molecule has 9 heteroatoms. The summed E-state index contributed by atoms with van der Waals surface area (Å²) in [5.41, 5.74) is 2.85. The molecule has 2 aromatic heterocycles. The fourth-order valence-corrected chi connectivity index (χ4v) is 2.85. The molecule has 0 bridgehead atoms. The molecule has 0 fully saturated rings. The Labute approximate surface area is 159 Å². The maximum absolute atomic E-state index is 11.9. The van der Waals surface area contributed by atoms with Gasteiger partial charge in [0.2, 0.25) is 5.89 Å². The second-order valence-corrected chi connectivity index (χ2v) is 6.80. The zero-order chi connectivity index (χ0) is 18.7. The number of carbonyl (C=O) groups is 1. The van der Waals surface area contributed by atoms with Crippen LogP contribution in [0.15, 0.2) is 28.7 Å². The van der Waals surface area contributed by atoms with E-state index in [1.165, 1.54) is 16.4 Å². The van der Waals surface area contributed by atoms with Crippen LogP contribution in [0.4, 0.5) is 0 Å². The summed E-state index contributed by atoms with van der Waals surface area (Å²) >= 11 is 7.76. The van der Waals surface area contributed by atoms with E-state index in [-0.39, 0.29) is 18.4 Å². The predicted molar refractivity (Wildman–Crippen MR) is 99.9 cm³/mol. The second kappa shape index (κ2) is 7.92. The number of carbonyl (C=O) groups excluding carboxylic acids is 1. The van der Waals surface area contributed by atoms with Gasteiger partial charge in [0, 0.05) is 5.56 Å². The Morgan fingerprint density at radius 2 is 2.08 bits per heavy atom. The van der Waals surface area contributed by atoms with Crippen molar-refractivity contribution in [3.05, 3.63) is 40.5 Å². The lowest BCUT2D eigenvalue weighted by Gasteiger charge is -2.05. The van der Waals surface area contributed by atoms with Crippen molar-refractivity contribution in [3.8, 4) is 23.0 Å². The zero-order valence-corrected chi connectivity index (χ0v) is 16.1. The first-order chi connectivity index (χ1) is 12.5. The van der Waals surface area contributed by atoms with Crippen LogP contribution in [0.3, 0.4) is 0 Å². The van der Waals surface area contributed by atoms with Crippen molar-refractivity contribution < 1.29 is 13.9 Å². The summed E-state index contributed by atoms with van der Waals surface area (Å²) in [4.78, 5) is 11.9. The molecule has 26 heavy (non-hydrogen) atoms. The number of aromatic nitrogens is 4. The number of thioether (sulfide) groups is 1. The minimum atomic E-state index is -0.418. The van der Waals surface area contributed by atoms with Gasteiger partial charge in [-0.2, -0.15) is 5.10 Å². The van der Waals surface area contributed by atoms with E-state index in [4.69, 9.17) is 20.8 Å². The predicted octanol–water partition coefficient (Wildman–Crippen LogP) is 3.73. The van der Waals surface area contributed by atoms with Crippen LogP contribution < -0.4 is 0 Å². The Hall–Kier alpha value is -2.32. The Kier molecular flexibility index (Phi) is 5.63. The van der Waals surface area contributed by atoms with Gasteiger partial charge in [0.1, 0.15) is 18.2 Å². The SMILES string of the molecule is CSCOC(=O)Cn1nc(C)c(Cl)c1-c1nnc(-c2cccc(C)c2)o1. The highest BCUT2D eigenvalue weighted by atomic mass is 35.5. The number of rotatable bonds is 6. The topological polar surface area (TPSA) is 83.0 Å². The van der Waals surface area contributed by atoms with Crippen molar-refractivity contribution in [2.45, 2.75) is 20.4 Å². The largest absolute Gasteiger partial charge is 0.453 e. The standard InChI is InChI=1S/C17H17ClN4O3S/c1-10-5-4-6-12(7-10)16-19-20-17(25-16)15-14(18)11(2)21-22(15)8-13(23)24-9-26-3/h4-7H,8-9H2,1-3H3. The molecule has 0 saturated carbocycles. The number of hydrogen-bond acceptors (Lipinski definition) is 7. The maximum atomic E-state index is 11.9. The van der Waals surface area contributed by atoms with Gasteiger partial charge in [-0.15, -0.1) is 22.0 Å². The third-order valence-corrected chi connectivity index (χ3v) is 4.37. The fourth-order valence-electron chi connectivity index (χ4n) is 2.38. The van der Waals surface area contributed by atoms with Gasteiger partial charge in [0.25, 0.3) is 5.89 Å². The van der Waals surface area contributed by atoms with E-state index in [0.29, 0.717) is 22.3 Å². The quantitative estimate of drug-likeness (QED) is 0.466. The third-order valence-electron chi connectivity index (χ3n) is 3.56. The number of halogens is 1. The number of hydrogen-bond donors (Lipinski definition) is 0. The summed E-state index contributed by atoms with van der Waals surface area (Å²) in [5, 5.41) is 12.8. The van der Waals surface area contributed by atoms with Gasteiger partial charge in [0.05, 0.1) is 10.7 Å². The van der Waals surface area contributed by atoms with Crippen LogP contribution in [-0.2, 0) is 16.1 Å². The molecule has 1 aromatic carbocycles. The molecule has 3 rings (SSSR count). The van der Waals surface area contributed by atoms with E-state index in [2.05, 4.69) is 15.3 Å². The number of esters is 1. The summed E-state index contributed by atoms with van der Waals surface area (Å²) < 4.78 is 12.3. The average Bonchev–Trinajstić information content (AvgIpc) is 3.18. The molecule has 0 saturated heterocycles. The lowest BCUT2D eigenvalue weighted by molar-refractivity contribution is -0.142. The highest BCUT2D eigenvalue weighted by molar-refractivity contribution is 7.98. The van der Waals surface area contributed by atoms with E-state index in [9.17, 15) is 4.79 Å². The molecule has 7 nitrogen and oxygen atoms in total. The summed E-state index contributed by atoms with van der Waals surface area (Å²) in [6, 6.07) is 7.73. The Balaban J connectivity index is 1.93. The first-order valence-corrected chi connectivity index (χ1v) is 9.55. The molecule has 136 valence electrons. The molecular formula is C17H17ClN4O3S. The smallest absolute Gasteiger partial charge is 0.328 e. The molecule has 0 unspecified atom stereocenters. The minimum absolute atomic E-state index is 0.0917. The lowest BCUT2D eigenvalue weighted by atomic mass is 10.1. The molecule has 0 amide bonds. The molecule has 3 aromatic rings. The van der Waals surface area contributed by atoms with Gasteiger partial charge >= 0.3 is 5.97 Å². The maximum Gasteiger partial charge on any atom is 0.328 e. The highest BCUT2D eigenvalue weighted by Crippen LogP contribution is 2.31. The summed E-state index contributed by atoms with van der Waals surface area (Å²) in [6.45, 7) is 3.63. The average molecular weight is 393 g/mol. The molecule has 0 aliphatic heterocycles. The molecule has 0 aliphatic carbocycles. The molecule has 0 aliphatic rings. The van der Waals surface area contributed by atoms with E-state index < -0.39 is 5.97 Å². The van der Waals surface area contributed by atoms with Crippen LogP contribution in [-0.4, -0.2) is 38.1 Å². The van der Waals surface area contributed by atoms with E-state index >= 15 is 0 Å². The lowest BCUT2D eigenvalue weighted by Crippen LogP contribution is -2.15. The van der Waals surface area contributed by atoms with Crippen LogP contribution in [0.5, 0.6) is 0 Å². The summed E-state index contributed by atoms with van der Waals surface area (Å²) in [5.74, 6) is 0.429. The van der Waals surface area contributed by atoms with Gasteiger partial charge in [-0.25, -0.2) is 4.68 Å². The third kappa shape index (κ3) is 3.91. The normalized spacial score (nSPS) is 10.9. The Morgan fingerprint density at radius 3 is 2.81 bits per heavy atom. The van der Waals surface area contributed by atoms with Crippen LogP contribution in [0.1, 0.15) is 11.3 Å². The molecule has 0 spiro atoms. The van der Waals surface area contributed by atoms with Gasteiger partial charge < -0.3 is 9.15 Å². The highest BCUT2D eigenvalue weighted by Gasteiger charge is 2.23. The molecule has 0 radical (unpaired) electrons. The van der Waals surface area contributed by atoms with Crippen molar-refractivity contribution >= 4 is 29.3 Å². The van der Waals surface area contributed by atoms with Crippen LogP contribution in [0.2, 0.25) is 5.02 Å². The molecule has 0 atom stereocenters. The van der Waals surface area contributed by atoms with Crippen molar-refractivity contribution in [2.24, 2.45) is 0 Å². The van der Waals surface area contributed by atoms with E-state index in [1.807, 2.05) is 37.4 Å². The van der Waals surface area contributed by atoms with Gasteiger partial charge in [-0.3, -0.25) is 4.79 Å². The first-order valence-electron chi connectivity index (χ1n) is 7.78. The number of ether oxygens (including phenoxy) is 1. The summed E-state index contributed by atoms with van der Waals surface area (Å²) in [6.07, 6.45) is 1.85. The van der Waals surface area contributed by atoms with Gasteiger partial charge in [0.15, 0.2) is 0 Å². The van der Waals surface area contributed by atoms with Crippen molar-refractivity contribution in [2.75, 3.05) is 12.2 Å². The summed E-state index contributed by atoms with van der Waals surface area (Å²) in [7, 11) is 0. The molecule has 0 N–H and O–H groups in total. The number of benzene rings is 1. The Bertz CT molecular complexity index is 938. The van der Waals surface area contributed by atoms with Crippen molar-refractivity contribution in [1.29, 1.82) is 0 Å². The van der Waals surface area contributed by atoms with Crippen LogP contribution in [0.25, 0.3) is 23.0 Å². The number of nitrogens with zero attached hydrogens (tertiary/aromatic N) is 4. The van der Waals surface area contributed by atoms with Crippen LogP contribution in [0, 0.1) is 13.8 Å². The monoisotopic (exact) mass is 392 g/mol. The first kappa shape index (κ1) is 18.5. The number of aryl methyl sites for hydroxylation is 2. The molecule has 2 heterocycles.